The van der Waals surface area contributed by atoms with E-state index in [1.165, 1.54) is 27.6 Å². The van der Waals surface area contributed by atoms with Crippen LogP contribution in [0.2, 0.25) is 0 Å². The van der Waals surface area contributed by atoms with Crippen molar-refractivity contribution in [2.24, 2.45) is 11.8 Å². The molecule has 136 valence electrons. The maximum Gasteiger partial charge on any atom is 0.0702 e. The number of allylic oxidation sites excluding steroid dienone is 2. The van der Waals surface area contributed by atoms with E-state index in [4.69, 9.17) is 10.2 Å². The van der Waals surface area contributed by atoms with Crippen molar-refractivity contribution in [2.45, 2.75) is 23.3 Å². The van der Waals surface area contributed by atoms with Crippen molar-refractivity contribution in [3.8, 4) is 0 Å². The zero-order chi connectivity index (χ0) is 18.2. The summed E-state index contributed by atoms with van der Waals surface area (Å²) >= 11 is 1.13. The molecule has 5 heteroatoms. The number of nitrogens with two attached hydrogens (primary N) is 1. The molecule has 1 aliphatic heterocycles. The van der Waals surface area contributed by atoms with E-state index in [9.17, 15) is 0 Å². The molecule has 0 aromatic heterocycles. The Hall–Kier alpha value is -2.31. The summed E-state index contributed by atoms with van der Waals surface area (Å²) in [5, 5.41) is 6.35. The van der Waals surface area contributed by atoms with Crippen LogP contribution in [0.3, 0.4) is 0 Å². The highest BCUT2D eigenvalue weighted by Gasteiger charge is 2.38. The van der Waals surface area contributed by atoms with Gasteiger partial charge in [0.15, 0.2) is 0 Å². The van der Waals surface area contributed by atoms with Crippen molar-refractivity contribution in [1.82, 2.24) is 0 Å². The predicted octanol–water partition coefficient (Wildman–Crippen LogP) is 5.50. The van der Waals surface area contributed by atoms with E-state index in [2.05, 4.69) is 77.1 Å². The van der Waals surface area contributed by atoms with Gasteiger partial charge < -0.3 is 5.32 Å². The van der Waals surface area contributed by atoms with Crippen molar-refractivity contribution in [3.63, 3.8) is 0 Å². The third-order valence-corrected chi connectivity index (χ3v) is 6.23. The SMILES string of the molecule is NOOSc1ccc2c(c1)[C@H]1C=CC[C@H]1[C@@H](c1ccc3ccccc3c1)N2. The molecule has 0 saturated carbocycles. The number of fused-ring (bicyclic) bond motifs is 4. The first-order chi connectivity index (χ1) is 13.3. The lowest BCUT2D eigenvalue weighted by molar-refractivity contribution is -0.195. The van der Waals surface area contributed by atoms with Crippen LogP contribution in [0.1, 0.15) is 29.5 Å². The van der Waals surface area contributed by atoms with Gasteiger partial charge in [-0.3, -0.25) is 0 Å². The van der Waals surface area contributed by atoms with E-state index in [0.29, 0.717) is 17.9 Å². The highest BCUT2D eigenvalue weighted by Crippen LogP contribution is 2.50. The smallest absolute Gasteiger partial charge is 0.0702 e. The Morgan fingerprint density at radius 3 is 2.78 bits per heavy atom. The van der Waals surface area contributed by atoms with Gasteiger partial charge in [-0.1, -0.05) is 48.6 Å². The second-order valence-electron chi connectivity index (χ2n) is 7.08. The lowest BCUT2D eigenvalue weighted by atomic mass is 9.77. The van der Waals surface area contributed by atoms with E-state index in [1.54, 1.807) is 0 Å². The monoisotopic (exact) mass is 376 g/mol. The van der Waals surface area contributed by atoms with Gasteiger partial charge in [0.25, 0.3) is 0 Å². The fraction of sp³-hybridized carbons (Fsp3) is 0.182. The summed E-state index contributed by atoms with van der Waals surface area (Å²) < 4.78 is 4.81. The van der Waals surface area contributed by atoms with Gasteiger partial charge in [0.2, 0.25) is 0 Å². The van der Waals surface area contributed by atoms with Crippen LogP contribution in [0.4, 0.5) is 5.69 Å². The van der Waals surface area contributed by atoms with Crippen molar-refractivity contribution in [3.05, 3.63) is 83.9 Å². The molecule has 0 spiro atoms. The first-order valence-electron chi connectivity index (χ1n) is 9.09. The van der Waals surface area contributed by atoms with Gasteiger partial charge in [0.1, 0.15) is 0 Å². The fourth-order valence-electron chi connectivity index (χ4n) is 4.41. The van der Waals surface area contributed by atoms with Crippen LogP contribution in [-0.4, -0.2) is 0 Å². The van der Waals surface area contributed by atoms with Gasteiger partial charge in [-0.2, -0.15) is 5.90 Å². The lowest BCUT2D eigenvalue weighted by Crippen LogP contribution is -2.29. The zero-order valence-electron chi connectivity index (χ0n) is 14.7. The molecule has 3 aromatic rings. The van der Waals surface area contributed by atoms with Crippen LogP contribution in [0, 0.1) is 5.92 Å². The Morgan fingerprint density at radius 2 is 1.89 bits per heavy atom. The van der Waals surface area contributed by atoms with Gasteiger partial charge in [-0.05, 0) is 58.5 Å². The second-order valence-corrected chi connectivity index (χ2v) is 7.85. The summed E-state index contributed by atoms with van der Waals surface area (Å²) in [6.45, 7) is 0. The molecule has 4 nitrogen and oxygen atoms in total. The predicted molar refractivity (Wildman–Crippen MR) is 109 cm³/mol. The van der Waals surface area contributed by atoms with E-state index >= 15 is 0 Å². The van der Waals surface area contributed by atoms with Gasteiger partial charge in [-0.25, -0.2) is 0 Å². The maximum atomic E-state index is 4.96. The van der Waals surface area contributed by atoms with Crippen LogP contribution < -0.4 is 11.2 Å². The van der Waals surface area contributed by atoms with Crippen LogP contribution in [0.25, 0.3) is 10.8 Å². The Balaban J connectivity index is 1.52. The molecule has 0 saturated heterocycles. The van der Waals surface area contributed by atoms with E-state index in [-0.39, 0.29) is 0 Å². The molecule has 0 radical (unpaired) electrons. The standard InChI is InChI=1S/C22H20N2O2S/c23-25-26-27-17-10-11-21-20(13-17)18-6-3-7-19(18)22(24-21)16-9-8-14-4-1-2-5-15(14)12-16/h1-6,8-13,18-19,22,24H,7,23H2/t18-,19+,22+/m0/s1. The number of nitrogens with one attached hydrogen (secondary N) is 1. The molecule has 3 N–H and O–H groups in total. The maximum absolute atomic E-state index is 4.96. The van der Waals surface area contributed by atoms with Crippen molar-refractivity contribution < 1.29 is 9.32 Å². The van der Waals surface area contributed by atoms with Gasteiger partial charge in [0, 0.05) is 16.5 Å². The van der Waals surface area contributed by atoms with Gasteiger partial charge >= 0.3 is 0 Å². The summed E-state index contributed by atoms with van der Waals surface area (Å²) in [5.74, 6) is 5.86. The number of hydrogen-bond donors (Lipinski definition) is 2. The molecule has 3 aromatic carbocycles. The van der Waals surface area contributed by atoms with Gasteiger partial charge in [0.05, 0.1) is 18.1 Å². The highest BCUT2D eigenvalue weighted by molar-refractivity contribution is 7.94. The Bertz CT molecular complexity index is 1020. The van der Waals surface area contributed by atoms with E-state index in [1.807, 2.05) is 6.07 Å². The first-order valence-corrected chi connectivity index (χ1v) is 9.83. The van der Waals surface area contributed by atoms with Gasteiger partial charge in [-0.15, -0.1) is 9.32 Å². The molecule has 0 fully saturated rings. The van der Waals surface area contributed by atoms with Crippen molar-refractivity contribution >= 4 is 28.5 Å². The number of rotatable bonds is 4. The topological polar surface area (TPSA) is 56.5 Å². The Morgan fingerprint density at radius 1 is 1.00 bits per heavy atom. The molecule has 0 bridgehead atoms. The molecule has 5 rings (SSSR count). The minimum absolute atomic E-state index is 0.296. The summed E-state index contributed by atoms with van der Waals surface area (Å²) in [5.41, 5.74) is 3.83. The molecule has 27 heavy (non-hydrogen) atoms. The minimum atomic E-state index is 0.296. The average molecular weight is 376 g/mol. The Labute approximate surface area is 162 Å². The fourth-order valence-corrected chi connectivity index (χ4v) is 4.83. The zero-order valence-corrected chi connectivity index (χ0v) is 15.5. The molecular weight excluding hydrogens is 356 g/mol. The molecule has 1 aliphatic carbocycles. The van der Waals surface area contributed by atoms with Crippen LogP contribution >= 0.6 is 12.0 Å². The minimum Gasteiger partial charge on any atom is -0.378 e. The molecule has 0 unspecified atom stereocenters. The molecular formula is C22H20N2O2S. The summed E-state index contributed by atoms with van der Waals surface area (Å²) in [4.78, 5) is 5.20. The second kappa shape index (κ2) is 7.02. The summed E-state index contributed by atoms with van der Waals surface area (Å²) in [6, 6.07) is 21.9. The average Bonchev–Trinajstić information content (AvgIpc) is 3.21. The number of anilines is 1. The summed E-state index contributed by atoms with van der Waals surface area (Å²) in [7, 11) is 0. The molecule has 2 aliphatic rings. The third kappa shape index (κ3) is 3.03. The molecule has 1 heterocycles. The number of hydrogen-bond acceptors (Lipinski definition) is 5. The van der Waals surface area contributed by atoms with E-state index in [0.717, 1.165) is 23.4 Å². The molecule has 3 atom stereocenters. The summed E-state index contributed by atoms with van der Waals surface area (Å²) in [6.07, 6.45) is 5.72. The van der Waals surface area contributed by atoms with Crippen molar-refractivity contribution in [2.75, 3.05) is 5.32 Å². The highest BCUT2D eigenvalue weighted by atomic mass is 32.2. The first kappa shape index (κ1) is 16.8. The number of benzene rings is 3. The van der Waals surface area contributed by atoms with E-state index < -0.39 is 0 Å². The largest absolute Gasteiger partial charge is 0.378 e. The molecule has 0 amide bonds. The quantitative estimate of drug-likeness (QED) is 0.273. The Kier molecular flexibility index (Phi) is 4.38. The van der Waals surface area contributed by atoms with Crippen molar-refractivity contribution in [1.29, 1.82) is 0 Å². The third-order valence-electron chi connectivity index (χ3n) is 5.64. The van der Waals surface area contributed by atoms with Crippen LogP contribution in [0.5, 0.6) is 0 Å². The van der Waals surface area contributed by atoms with Crippen LogP contribution in [0.15, 0.2) is 77.7 Å². The normalized spacial score (nSPS) is 23.1. The lowest BCUT2D eigenvalue weighted by Gasteiger charge is -2.37. The van der Waals surface area contributed by atoms with Crippen LogP contribution in [-0.2, 0) is 9.32 Å².